The van der Waals surface area contributed by atoms with Crippen LogP contribution in [0.25, 0.3) is 11.3 Å². The molecule has 3 rings (SSSR count). The van der Waals surface area contributed by atoms with Gasteiger partial charge < -0.3 is 9.88 Å². The van der Waals surface area contributed by atoms with Gasteiger partial charge in [0.25, 0.3) is 5.56 Å². The Morgan fingerprint density at radius 2 is 2.17 bits per heavy atom. The molecule has 0 amide bonds. The average Bonchev–Trinajstić information content (AvgIpc) is 2.41. The lowest BCUT2D eigenvalue weighted by atomic mass is 9.98. The molecule has 0 aliphatic carbocycles. The van der Waals surface area contributed by atoms with E-state index in [1.165, 1.54) is 5.56 Å². The summed E-state index contributed by atoms with van der Waals surface area (Å²) in [4.78, 5) is 16.5. The van der Waals surface area contributed by atoms with Crippen molar-refractivity contribution in [3.05, 3.63) is 44.8 Å². The topological polar surface area (TPSA) is 46.9 Å². The summed E-state index contributed by atoms with van der Waals surface area (Å²) in [6.07, 6.45) is 0.878. The fourth-order valence-electron chi connectivity index (χ4n) is 2.37. The molecule has 92 valence electrons. The highest BCUT2D eigenvalue weighted by atomic mass is 79.9. The van der Waals surface area contributed by atoms with Crippen molar-refractivity contribution in [2.45, 2.75) is 13.0 Å². The molecule has 5 heteroatoms. The van der Waals surface area contributed by atoms with E-state index in [2.05, 4.69) is 32.3 Å². The molecule has 2 aromatic rings. The highest BCUT2D eigenvalue weighted by Gasteiger charge is 2.21. The van der Waals surface area contributed by atoms with Crippen molar-refractivity contribution in [3.8, 4) is 11.3 Å². The minimum Gasteiger partial charge on any atom is -0.369 e. The van der Waals surface area contributed by atoms with Gasteiger partial charge in [-0.2, -0.15) is 0 Å². The Hall–Kier alpha value is -1.62. The van der Waals surface area contributed by atoms with Gasteiger partial charge in [-0.15, -0.1) is 0 Å². The fourth-order valence-corrected chi connectivity index (χ4v) is 2.98. The van der Waals surface area contributed by atoms with Crippen molar-refractivity contribution < 1.29 is 0 Å². The van der Waals surface area contributed by atoms with E-state index in [0.717, 1.165) is 17.7 Å². The van der Waals surface area contributed by atoms with Crippen LogP contribution in [0.15, 0.2) is 33.7 Å². The van der Waals surface area contributed by atoms with E-state index in [0.29, 0.717) is 17.0 Å². The number of hydrogen-bond donors (Lipinski definition) is 1. The van der Waals surface area contributed by atoms with Crippen LogP contribution in [0.2, 0.25) is 0 Å². The number of aromatic nitrogens is 2. The number of nitrogens with one attached hydrogen (secondary N) is 1. The van der Waals surface area contributed by atoms with Crippen LogP contribution >= 0.6 is 15.9 Å². The number of nitrogens with zero attached hydrogens (tertiary/aromatic N) is 2. The lowest BCUT2D eigenvalue weighted by molar-refractivity contribution is 0.652. The molecule has 1 N–H and O–H groups in total. The van der Waals surface area contributed by atoms with E-state index in [1.54, 1.807) is 11.6 Å². The van der Waals surface area contributed by atoms with Gasteiger partial charge in [0, 0.05) is 19.2 Å². The summed E-state index contributed by atoms with van der Waals surface area (Å²) in [6.45, 7) is 0.695. The normalized spacial score (nSPS) is 12.8. The molecule has 0 saturated carbocycles. The van der Waals surface area contributed by atoms with Crippen LogP contribution in [-0.4, -0.2) is 16.6 Å². The SMILES string of the molecule is CNc1nc(Br)c2n(c1=O)CCc1ccccc1-2. The number of hydrogen-bond acceptors (Lipinski definition) is 3. The summed E-state index contributed by atoms with van der Waals surface area (Å²) in [7, 11) is 1.71. The van der Waals surface area contributed by atoms with Gasteiger partial charge in [0.05, 0.1) is 5.69 Å². The quantitative estimate of drug-likeness (QED) is 0.879. The molecular formula is C13H12BrN3O. The molecule has 1 aliphatic rings. The Labute approximate surface area is 113 Å². The second-order valence-corrected chi connectivity index (χ2v) is 4.96. The zero-order chi connectivity index (χ0) is 12.7. The Balaban J connectivity index is 2.36. The number of rotatable bonds is 1. The van der Waals surface area contributed by atoms with E-state index < -0.39 is 0 Å². The minimum absolute atomic E-state index is 0.0646. The van der Waals surface area contributed by atoms with Gasteiger partial charge in [-0.1, -0.05) is 24.3 Å². The number of fused-ring (bicyclic) bond motifs is 3. The molecule has 4 nitrogen and oxygen atoms in total. The van der Waals surface area contributed by atoms with E-state index in [-0.39, 0.29) is 5.56 Å². The zero-order valence-electron chi connectivity index (χ0n) is 9.90. The first-order chi connectivity index (χ1) is 8.72. The molecule has 0 spiro atoms. The van der Waals surface area contributed by atoms with Gasteiger partial charge in [-0.25, -0.2) is 4.98 Å². The summed E-state index contributed by atoms with van der Waals surface area (Å²) >= 11 is 3.47. The van der Waals surface area contributed by atoms with Crippen molar-refractivity contribution in [1.29, 1.82) is 0 Å². The van der Waals surface area contributed by atoms with Crippen molar-refractivity contribution in [2.24, 2.45) is 0 Å². The third kappa shape index (κ3) is 1.58. The third-order valence-electron chi connectivity index (χ3n) is 3.24. The first-order valence-electron chi connectivity index (χ1n) is 5.78. The number of benzene rings is 1. The molecule has 2 heterocycles. The summed E-state index contributed by atoms with van der Waals surface area (Å²) in [5.74, 6) is 0.380. The van der Waals surface area contributed by atoms with Crippen LogP contribution < -0.4 is 10.9 Å². The van der Waals surface area contributed by atoms with Gasteiger partial charge in [-0.05, 0) is 27.9 Å². The summed E-state index contributed by atoms with van der Waals surface area (Å²) < 4.78 is 2.49. The van der Waals surface area contributed by atoms with Crippen molar-refractivity contribution in [1.82, 2.24) is 9.55 Å². The Morgan fingerprint density at radius 1 is 1.39 bits per heavy atom. The highest BCUT2D eigenvalue weighted by molar-refractivity contribution is 9.10. The largest absolute Gasteiger partial charge is 0.369 e. The molecule has 0 radical (unpaired) electrons. The lowest BCUT2D eigenvalue weighted by Gasteiger charge is -2.22. The van der Waals surface area contributed by atoms with Gasteiger partial charge in [0.2, 0.25) is 0 Å². The van der Waals surface area contributed by atoms with Crippen molar-refractivity contribution in [3.63, 3.8) is 0 Å². The monoisotopic (exact) mass is 305 g/mol. The van der Waals surface area contributed by atoms with Gasteiger partial charge in [-0.3, -0.25) is 4.79 Å². The smallest absolute Gasteiger partial charge is 0.293 e. The number of halogens is 1. The standard InChI is InChI=1S/C13H12BrN3O/c1-15-12-13(18)17-7-6-8-4-2-3-5-9(8)10(17)11(14)16-12/h2-5H,6-7H2,1H3,(H,15,16). The second kappa shape index (κ2) is 4.24. The lowest BCUT2D eigenvalue weighted by Crippen LogP contribution is -2.29. The zero-order valence-corrected chi connectivity index (χ0v) is 11.5. The van der Waals surface area contributed by atoms with Crippen LogP contribution in [0, 0.1) is 0 Å². The van der Waals surface area contributed by atoms with E-state index >= 15 is 0 Å². The van der Waals surface area contributed by atoms with Crippen LogP contribution in [-0.2, 0) is 13.0 Å². The molecule has 1 aliphatic heterocycles. The molecule has 1 aromatic heterocycles. The third-order valence-corrected chi connectivity index (χ3v) is 3.79. The molecule has 18 heavy (non-hydrogen) atoms. The first kappa shape index (κ1) is 11.5. The predicted molar refractivity (Wildman–Crippen MR) is 74.9 cm³/mol. The highest BCUT2D eigenvalue weighted by Crippen LogP contribution is 2.32. The molecule has 0 atom stereocenters. The van der Waals surface area contributed by atoms with Crippen LogP contribution in [0.5, 0.6) is 0 Å². The Morgan fingerprint density at radius 3 is 2.94 bits per heavy atom. The summed E-state index contributed by atoms with van der Waals surface area (Å²) in [5, 5.41) is 2.84. The Kier molecular flexibility index (Phi) is 2.70. The van der Waals surface area contributed by atoms with Gasteiger partial charge in [0.1, 0.15) is 4.60 Å². The fraction of sp³-hybridized carbons (Fsp3) is 0.231. The second-order valence-electron chi connectivity index (χ2n) is 4.21. The molecule has 0 unspecified atom stereocenters. The minimum atomic E-state index is -0.0646. The van der Waals surface area contributed by atoms with Gasteiger partial charge >= 0.3 is 0 Å². The van der Waals surface area contributed by atoms with Crippen molar-refractivity contribution in [2.75, 3.05) is 12.4 Å². The molecule has 0 bridgehead atoms. The van der Waals surface area contributed by atoms with E-state index in [4.69, 9.17) is 0 Å². The summed E-state index contributed by atoms with van der Waals surface area (Å²) in [6, 6.07) is 8.14. The molecule has 0 saturated heterocycles. The van der Waals surface area contributed by atoms with E-state index in [9.17, 15) is 4.79 Å². The summed E-state index contributed by atoms with van der Waals surface area (Å²) in [5.41, 5.74) is 3.16. The number of anilines is 1. The maximum Gasteiger partial charge on any atom is 0.293 e. The van der Waals surface area contributed by atoms with Crippen LogP contribution in [0.3, 0.4) is 0 Å². The van der Waals surface area contributed by atoms with Crippen molar-refractivity contribution >= 4 is 21.7 Å². The van der Waals surface area contributed by atoms with Crippen LogP contribution in [0.1, 0.15) is 5.56 Å². The molecular weight excluding hydrogens is 294 g/mol. The molecule has 0 fully saturated rings. The van der Waals surface area contributed by atoms with Crippen LogP contribution in [0.4, 0.5) is 5.82 Å². The maximum absolute atomic E-state index is 12.2. The maximum atomic E-state index is 12.2. The first-order valence-corrected chi connectivity index (χ1v) is 6.58. The Bertz CT molecular complexity index is 678. The predicted octanol–water partition coefficient (Wildman–Crippen LogP) is 2.27. The van der Waals surface area contributed by atoms with E-state index in [1.807, 2.05) is 18.2 Å². The average molecular weight is 306 g/mol. The number of aryl methyl sites for hydroxylation is 1. The molecule has 1 aromatic carbocycles. The van der Waals surface area contributed by atoms with Gasteiger partial charge in [0.15, 0.2) is 5.82 Å².